The van der Waals surface area contributed by atoms with Gasteiger partial charge in [0.1, 0.15) is 0 Å². The maximum Gasteiger partial charge on any atom is 0.287 e. The van der Waals surface area contributed by atoms with Crippen LogP contribution in [0.5, 0.6) is 0 Å². The average molecular weight is 317 g/mol. The molecule has 0 radical (unpaired) electrons. The van der Waals surface area contributed by atoms with Crippen LogP contribution < -0.4 is 5.32 Å². The molecular formula is C11H13BrN2O4. The Hall–Kier alpha value is -1.34. The molecule has 7 heteroatoms. The van der Waals surface area contributed by atoms with E-state index in [1.165, 1.54) is 6.07 Å². The standard InChI is InChI=1S/C11H13BrN2O4/c12-9-2-1-8(18-9)11(17)13-3-10(16)14-4-7(5-14)6-15/h1-2,7,15H,3-6H2,(H,13,17). The van der Waals surface area contributed by atoms with Crippen molar-refractivity contribution in [2.45, 2.75) is 0 Å². The molecule has 98 valence electrons. The lowest BCUT2D eigenvalue weighted by atomic mass is 10.0. The Morgan fingerprint density at radius 1 is 1.50 bits per heavy atom. The van der Waals surface area contributed by atoms with Crippen LogP contribution in [0.3, 0.4) is 0 Å². The van der Waals surface area contributed by atoms with Crippen molar-refractivity contribution < 1.29 is 19.1 Å². The van der Waals surface area contributed by atoms with Gasteiger partial charge in [-0.15, -0.1) is 0 Å². The fourth-order valence-electron chi connectivity index (χ4n) is 1.68. The zero-order valence-corrected chi connectivity index (χ0v) is 11.1. The first kappa shape index (κ1) is 13.1. The number of aliphatic hydroxyl groups is 1. The molecule has 1 aliphatic heterocycles. The minimum absolute atomic E-state index is 0.0602. The molecule has 2 rings (SSSR count). The molecule has 1 fully saturated rings. The van der Waals surface area contributed by atoms with E-state index in [9.17, 15) is 9.59 Å². The van der Waals surface area contributed by atoms with Gasteiger partial charge in [-0.2, -0.15) is 0 Å². The second-order valence-electron chi connectivity index (χ2n) is 4.13. The largest absolute Gasteiger partial charge is 0.444 e. The van der Waals surface area contributed by atoms with Gasteiger partial charge in [-0.05, 0) is 28.1 Å². The monoisotopic (exact) mass is 316 g/mol. The summed E-state index contributed by atoms with van der Waals surface area (Å²) in [5, 5.41) is 11.3. The molecule has 0 spiro atoms. The predicted octanol–water partition coefficient (Wildman–Crippen LogP) is 0.223. The van der Waals surface area contributed by atoms with Crippen LogP contribution in [-0.2, 0) is 4.79 Å². The second-order valence-corrected chi connectivity index (χ2v) is 4.92. The number of aliphatic hydroxyl groups excluding tert-OH is 1. The Morgan fingerprint density at radius 2 is 2.22 bits per heavy atom. The fraction of sp³-hybridized carbons (Fsp3) is 0.455. The lowest BCUT2D eigenvalue weighted by molar-refractivity contribution is -0.137. The van der Waals surface area contributed by atoms with Crippen LogP contribution in [0.15, 0.2) is 21.2 Å². The van der Waals surface area contributed by atoms with E-state index in [2.05, 4.69) is 21.2 Å². The van der Waals surface area contributed by atoms with Gasteiger partial charge in [-0.3, -0.25) is 9.59 Å². The first-order chi connectivity index (χ1) is 8.60. The van der Waals surface area contributed by atoms with E-state index in [0.29, 0.717) is 17.8 Å². The van der Waals surface area contributed by atoms with Gasteiger partial charge in [0.05, 0.1) is 6.54 Å². The number of rotatable bonds is 4. The number of amides is 2. The quantitative estimate of drug-likeness (QED) is 0.832. The number of furan rings is 1. The summed E-state index contributed by atoms with van der Waals surface area (Å²) in [6.45, 7) is 1.14. The van der Waals surface area contributed by atoms with E-state index in [0.717, 1.165) is 0 Å². The summed E-state index contributed by atoms with van der Waals surface area (Å²) in [4.78, 5) is 24.8. The zero-order valence-electron chi connectivity index (χ0n) is 9.56. The lowest BCUT2D eigenvalue weighted by Crippen LogP contribution is -2.54. The second kappa shape index (κ2) is 5.53. The molecule has 1 aliphatic rings. The maximum absolute atomic E-state index is 11.6. The Labute approximate surface area is 112 Å². The van der Waals surface area contributed by atoms with Crippen LogP contribution in [-0.4, -0.2) is 48.1 Å². The van der Waals surface area contributed by atoms with Gasteiger partial charge < -0.3 is 19.7 Å². The summed E-state index contributed by atoms with van der Waals surface area (Å²) in [5.41, 5.74) is 0. The summed E-state index contributed by atoms with van der Waals surface area (Å²) in [7, 11) is 0. The molecule has 1 saturated heterocycles. The Morgan fingerprint density at radius 3 is 2.78 bits per heavy atom. The van der Waals surface area contributed by atoms with Crippen molar-refractivity contribution in [3.8, 4) is 0 Å². The van der Waals surface area contributed by atoms with Crippen LogP contribution in [0.1, 0.15) is 10.6 Å². The number of halogens is 1. The number of hydrogen-bond donors (Lipinski definition) is 2. The SMILES string of the molecule is O=C(NCC(=O)N1CC(CO)C1)c1ccc(Br)o1. The third-order valence-corrected chi connectivity index (χ3v) is 3.19. The summed E-state index contributed by atoms with van der Waals surface area (Å²) in [6, 6.07) is 3.13. The third kappa shape index (κ3) is 2.91. The molecule has 0 aliphatic carbocycles. The van der Waals surface area contributed by atoms with Crippen LogP contribution in [0, 0.1) is 5.92 Å². The summed E-state index contributed by atoms with van der Waals surface area (Å²) < 4.78 is 5.52. The normalized spacial score (nSPS) is 15.3. The molecule has 2 N–H and O–H groups in total. The highest BCUT2D eigenvalue weighted by molar-refractivity contribution is 9.10. The van der Waals surface area contributed by atoms with Gasteiger partial charge in [0, 0.05) is 25.6 Å². The molecular weight excluding hydrogens is 304 g/mol. The minimum Gasteiger partial charge on any atom is -0.444 e. The van der Waals surface area contributed by atoms with Crippen molar-refractivity contribution in [2.75, 3.05) is 26.2 Å². The van der Waals surface area contributed by atoms with Gasteiger partial charge in [0.25, 0.3) is 5.91 Å². The van der Waals surface area contributed by atoms with E-state index in [1.807, 2.05) is 0 Å². The predicted molar refractivity (Wildman–Crippen MR) is 65.9 cm³/mol. The van der Waals surface area contributed by atoms with Crippen molar-refractivity contribution in [3.63, 3.8) is 0 Å². The van der Waals surface area contributed by atoms with Crippen molar-refractivity contribution in [3.05, 3.63) is 22.6 Å². The highest BCUT2D eigenvalue weighted by Gasteiger charge is 2.29. The fourth-order valence-corrected chi connectivity index (χ4v) is 1.99. The topological polar surface area (TPSA) is 82.8 Å². The van der Waals surface area contributed by atoms with Gasteiger partial charge in [0.15, 0.2) is 10.4 Å². The first-order valence-electron chi connectivity index (χ1n) is 5.52. The Kier molecular flexibility index (Phi) is 4.03. The molecule has 0 saturated carbocycles. The molecule has 6 nitrogen and oxygen atoms in total. The summed E-state index contributed by atoms with van der Waals surface area (Å²) in [5.74, 6) is -0.246. The highest BCUT2D eigenvalue weighted by atomic mass is 79.9. The third-order valence-electron chi connectivity index (χ3n) is 2.77. The van der Waals surface area contributed by atoms with E-state index in [1.54, 1.807) is 11.0 Å². The molecule has 2 heterocycles. The molecule has 0 bridgehead atoms. The van der Waals surface area contributed by atoms with Crippen LogP contribution in [0.4, 0.5) is 0 Å². The Balaban J connectivity index is 1.75. The molecule has 0 atom stereocenters. The molecule has 2 amide bonds. The number of nitrogens with one attached hydrogen (secondary N) is 1. The van der Waals surface area contributed by atoms with E-state index >= 15 is 0 Å². The lowest BCUT2D eigenvalue weighted by Gasteiger charge is -2.38. The number of hydrogen-bond acceptors (Lipinski definition) is 4. The van der Waals surface area contributed by atoms with Gasteiger partial charge in [-0.25, -0.2) is 0 Å². The summed E-state index contributed by atoms with van der Waals surface area (Å²) in [6.07, 6.45) is 0. The minimum atomic E-state index is -0.423. The van der Waals surface area contributed by atoms with Crippen molar-refractivity contribution in [1.82, 2.24) is 10.2 Å². The maximum atomic E-state index is 11.6. The van der Waals surface area contributed by atoms with Crippen LogP contribution >= 0.6 is 15.9 Å². The molecule has 18 heavy (non-hydrogen) atoms. The highest BCUT2D eigenvalue weighted by Crippen LogP contribution is 2.15. The molecule has 0 unspecified atom stereocenters. The Bertz CT molecular complexity index is 454. The average Bonchev–Trinajstić information content (AvgIpc) is 2.71. The number of carbonyl (C=O) groups excluding carboxylic acids is 2. The van der Waals surface area contributed by atoms with Gasteiger partial charge in [0.2, 0.25) is 5.91 Å². The van der Waals surface area contributed by atoms with Crippen molar-refractivity contribution >= 4 is 27.7 Å². The van der Waals surface area contributed by atoms with Crippen LogP contribution in [0.2, 0.25) is 0 Å². The van der Waals surface area contributed by atoms with Gasteiger partial charge in [-0.1, -0.05) is 0 Å². The summed E-state index contributed by atoms with van der Waals surface area (Å²) >= 11 is 3.09. The van der Waals surface area contributed by atoms with E-state index in [4.69, 9.17) is 9.52 Å². The smallest absolute Gasteiger partial charge is 0.287 e. The number of carbonyl (C=O) groups is 2. The van der Waals surface area contributed by atoms with Gasteiger partial charge >= 0.3 is 0 Å². The van der Waals surface area contributed by atoms with Crippen LogP contribution in [0.25, 0.3) is 0 Å². The molecule has 1 aromatic heterocycles. The molecule has 1 aromatic rings. The van der Waals surface area contributed by atoms with E-state index in [-0.39, 0.29) is 30.7 Å². The first-order valence-corrected chi connectivity index (χ1v) is 6.31. The zero-order chi connectivity index (χ0) is 13.1. The molecule has 0 aromatic carbocycles. The van der Waals surface area contributed by atoms with Crippen molar-refractivity contribution in [1.29, 1.82) is 0 Å². The number of nitrogens with zero attached hydrogens (tertiary/aromatic N) is 1. The number of likely N-dealkylation sites (tertiary alicyclic amines) is 1. The van der Waals surface area contributed by atoms with E-state index < -0.39 is 5.91 Å². The van der Waals surface area contributed by atoms with Crippen molar-refractivity contribution in [2.24, 2.45) is 5.92 Å².